The summed E-state index contributed by atoms with van der Waals surface area (Å²) in [4.78, 5) is 16.9. The molecule has 3 unspecified atom stereocenters. The van der Waals surface area contributed by atoms with Gasteiger partial charge in [-0.3, -0.25) is 0 Å². The fourth-order valence-corrected chi connectivity index (χ4v) is 4.34. The lowest BCUT2D eigenvalue weighted by Crippen LogP contribution is -2.46. The van der Waals surface area contributed by atoms with Gasteiger partial charge in [0.2, 0.25) is 0 Å². The van der Waals surface area contributed by atoms with E-state index in [1.807, 2.05) is 11.6 Å². The molecule has 0 radical (unpaired) electrons. The number of hydrogen-bond donors (Lipinski definition) is 2. The van der Waals surface area contributed by atoms with Crippen molar-refractivity contribution in [3.05, 3.63) is 11.6 Å². The van der Waals surface area contributed by atoms with Crippen molar-refractivity contribution in [1.82, 2.24) is 25.4 Å². The Morgan fingerprint density at radius 2 is 1.96 bits per heavy atom. The predicted octanol–water partition coefficient (Wildman–Crippen LogP) is 2.69. The molecule has 3 atom stereocenters. The van der Waals surface area contributed by atoms with Gasteiger partial charge in [-0.1, -0.05) is 12.8 Å². The largest absolute Gasteiger partial charge is 0.335 e. The monoisotopic (exact) mass is 317 g/mol. The molecular weight excluding hydrogens is 290 g/mol. The molecule has 2 saturated carbocycles. The highest BCUT2D eigenvalue weighted by Crippen LogP contribution is 2.43. The van der Waals surface area contributed by atoms with E-state index < -0.39 is 0 Å². The zero-order valence-corrected chi connectivity index (χ0v) is 13.9. The normalized spacial score (nSPS) is 30.6. The van der Waals surface area contributed by atoms with Crippen molar-refractivity contribution in [2.75, 3.05) is 0 Å². The van der Waals surface area contributed by atoms with E-state index in [1.165, 1.54) is 25.7 Å². The zero-order chi connectivity index (χ0) is 15.8. The maximum Gasteiger partial charge on any atom is 0.315 e. The third kappa shape index (κ3) is 3.35. The van der Waals surface area contributed by atoms with Gasteiger partial charge in [0.1, 0.15) is 11.6 Å². The van der Waals surface area contributed by atoms with Gasteiger partial charge in [-0.2, -0.15) is 5.10 Å². The summed E-state index contributed by atoms with van der Waals surface area (Å²) in [5.74, 6) is 3.48. The quantitative estimate of drug-likeness (QED) is 0.900. The zero-order valence-electron chi connectivity index (χ0n) is 13.9. The number of nitrogens with one attached hydrogen (secondary N) is 2. The van der Waals surface area contributed by atoms with Crippen molar-refractivity contribution in [1.29, 1.82) is 0 Å². The molecule has 23 heavy (non-hydrogen) atoms. The molecule has 2 N–H and O–H groups in total. The number of rotatable bonds is 3. The Morgan fingerprint density at radius 1 is 1.09 bits per heavy atom. The number of nitrogens with zero attached hydrogens (tertiary/aromatic N) is 3. The first-order valence-electron chi connectivity index (χ1n) is 9.17. The highest BCUT2D eigenvalue weighted by molar-refractivity contribution is 5.74. The van der Waals surface area contributed by atoms with Crippen LogP contribution in [0.4, 0.5) is 4.79 Å². The molecule has 6 heteroatoms. The van der Waals surface area contributed by atoms with Gasteiger partial charge in [0.25, 0.3) is 0 Å². The second-order valence-electron chi connectivity index (χ2n) is 7.51. The molecular formula is C17H27N5O. The van der Waals surface area contributed by atoms with E-state index >= 15 is 0 Å². The van der Waals surface area contributed by atoms with Crippen LogP contribution in [0.3, 0.4) is 0 Å². The molecule has 126 valence electrons. The molecule has 2 amide bonds. The molecule has 2 heterocycles. The number of fused-ring (bicyclic) bond motifs is 1. The third-order valence-electron chi connectivity index (χ3n) is 5.62. The minimum atomic E-state index is -0.0365. The molecule has 0 saturated heterocycles. The average Bonchev–Trinajstić information content (AvgIpc) is 3.29. The second kappa shape index (κ2) is 6.13. The van der Waals surface area contributed by atoms with Crippen molar-refractivity contribution >= 4 is 6.03 Å². The SMILES string of the molecule is Cc1nc2n(n1)CCCC2NC(=O)NC1CCCC(C2CC2)C1. The van der Waals surface area contributed by atoms with Crippen LogP contribution < -0.4 is 10.6 Å². The lowest BCUT2D eigenvalue weighted by atomic mass is 9.83. The van der Waals surface area contributed by atoms with Crippen molar-refractivity contribution in [2.24, 2.45) is 11.8 Å². The Morgan fingerprint density at radius 3 is 2.78 bits per heavy atom. The summed E-state index contributed by atoms with van der Waals surface area (Å²) < 4.78 is 1.94. The third-order valence-corrected chi connectivity index (χ3v) is 5.62. The van der Waals surface area contributed by atoms with Gasteiger partial charge in [-0.15, -0.1) is 0 Å². The summed E-state index contributed by atoms with van der Waals surface area (Å²) >= 11 is 0. The van der Waals surface area contributed by atoms with Crippen molar-refractivity contribution in [3.8, 4) is 0 Å². The van der Waals surface area contributed by atoms with Crippen LogP contribution in [-0.4, -0.2) is 26.8 Å². The van der Waals surface area contributed by atoms with E-state index in [4.69, 9.17) is 0 Å². The molecule has 6 nitrogen and oxygen atoms in total. The van der Waals surface area contributed by atoms with Gasteiger partial charge in [0.05, 0.1) is 6.04 Å². The van der Waals surface area contributed by atoms with Crippen molar-refractivity contribution in [3.63, 3.8) is 0 Å². The fraction of sp³-hybridized carbons (Fsp3) is 0.824. The number of carbonyl (C=O) groups is 1. The van der Waals surface area contributed by atoms with E-state index in [2.05, 4.69) is 20.7 Å². The van der Waals surface area contributed by atoms with E-state index in [-0.39, 0.29) is 12.1 Å². The second-order valence-corrected chi connectivity index (χ2v) is 7.51. The molecule has 2 aliphatic carbocycles. The van der Waals surface area contributed by atoms with Gasteiger partial charge in [-0.25, -0.2) is 14.5 Å². The van der Waals surface area contributed by atoms with Crippen LogP contribution in [0, 0.1) is 18.8 Å². The standard InChI is InChI=1S/C17H27N5O/c1-11-18-16-15(6-3-9-22(16)21-11)20-17(23)19-14-5-2-4-13(10-14)12-7-8-12/h12-15H,2-10H2,1H3,(H2,19,20,23). The topological polar surface area (TPSA) is 71.8 Å². The lowest BCUT2D eigenvalue weighted by Gasteiger charge is -2.31. The van der Waals surface area contributed by atoms with E-state index in [1.54, 1.807) is 0 Å². The van der Waals surface area contributed by atoms with Crippen LogP contribution in [0.2, 0.25) is 0 Å². The molecule has 0 spiro atoms. The summed E-state index contributed by atoms with van der Waals surface area (Å²) in [6.45, 7) is 2.81. The van der Waals surface area contributed by atoms with Gasteiger partial charge in [-0.05, 0) is 57.3 Å². The number of aromatic nitrogens is 3. The molecule has 0 bridgehead atoms. The van der Waals surface area contributed by atoms with Gasteiger partial charge < -0.3 is 10.6 Å². The van der Waals surface area contributed by atoms with E-state index in [9.17, 15) is 4.79 Å². The van der Waals surface area contributed by atoms with Crippen LogP contribution in [0.15, 0.2) is 0 Å². The lowest BCUT2D eigenvalue weighted by molar-refractivity contribution is 0.214. The first-order chi connectivity index (χ1) is 11.2. The summed E-state index contributed by atoms with van der Waals surface area (Å²) in [5.41, 5.74) is 0. The Bertz CT molecular complexity index is 580. The summed E-state index contributed by atoms with van der Waals surface area (Å²) in [6.07, 6.45) is 9.68. The highest BCUT2D eigenvalue weighted by atomic mass is 16.2. The van der Waals surface area contributed by atoms with E-state index in [0.717, 1.165) is 55.7 Å². The van der Waals surface area contributed by atoms with Crippen LogP contribution in [0.1, 0.15) is 69.1 Å². The smallest absolute Gasteiger partial charge is 0.315 e. The maximum atomic E-state index is 12.4. The van der Waals surface area contributed by atoms with Crippen LogP contribution in [0.5, 0.6) is 0 Å². The van der Waals surface area contributed by atoms with Gasteiger partial charge in [0, 0.05) is 12.6 Å². The molecule has 1 aromatic heterocycles. The molecule has 2 fully saturated rings. The van der Waals surface area contributed by atoms with Gasteiger partial charge in [0.15, 0.2) is 0 Å². The summed E-state index contributed by atoms with van der Waals surface area (Å²) in [7, 11) is 0. The Balaban J connectivity index is 1.33. The van der Waals surface area contributed by atoms with Crippen LogP contribution in [-0.2, 0) is 6.54 Å². The Labute approximate surface area is 137 Å². The van der Waals surface area contributed by atoms with Gasteiger partial charge >= 0.3 is 6.03 Å². The fourth-order valence-electron chi connectivity index (χ4n) is 4.34. The van der Waals surface area contributed by atoms with Crippen molar-refractivity contribution in [2.45, 2.75) is 76.9 Å². The van der Waals surface area contributed by atoms with Crippen LogP contribution >= 0.6 is 0 Å². The predicted molar refractivity (Wildman–Crippen MR) is 86.9 cm³/mol. The molecule has 1 aromatic rings. The number of carbonyl (C=O) groups excluding carboxylic acids is 1. The summed E-state index contributed by atoms with van der Waals surface area (Å²) in [5, 5.41) is 10.7. The Hall–Kier alpha value is -1.59. The average molecular weight is 317 g/mol. The first-order valence-corrected chi connectivity index (χ1v) is 9.17. The number of aryl methyl sites for hydroxylation is 2. The number of hydrogen-bond acceptors (Lipinski definition) is 3. The molecule has 4 rings (SSSR count). The number of amides is 2. The minimum Gasteiger partial charge on any atom is -0.335 e. The Kier molecular flexibility index (Phi) is 3.99. The van der Waals surface area contributed by atoms with Crippen molar-refractivity contribution < 1.29 is 4.79 Å². The number of urea groups is 1. The first kappa shape index (κ1) is 15.0. The van der Waals surface area contributed by atoms with Crippen LogP contribution in [0.25, 0.3) is 0 Å². The van der Waals surface area contributed by atoms with E-state index in [0.29, 0.717) is 6.04 Å². The summed E-state index contributed by atoms with van der Waals surface area (Å²) in [6, 6.07) is 0.302. The molecule has 0 aromatic carbocycles. The maximum absolute atomic E-state index is 12.4. The molecule has 1 aliphatic heterocycles. The highest BCUT2D eigenvalue weighted by Gasteiger charge is 2.35. The molecule has 3 aliphatic rings. The minimum absolute atomic E-state index is 0.00669.